The molecule has 7 heteroatoms. The van der Waals surface area contributed by atoms with Gasteiger partial charge in [0.25, 0.3) is 16.8 Å². The van der Waals surface area contributed by atoms with Gasteiger partial charge in [0, 0.05) is 20.1 Å². The molecular weight excluding hydrogens is 346 g/mol. The van der Waals surface area contributed by atoms with Crippen LogP contribution in [0, 0.1) is 5.92 Å². The number of nitrogens with one attached hydrogen (secondary N) is 2. The second kappa shape index (κ2) is 7.42. The maximum atomic E-state index is 12.2. The molecule has 0 bridgehead atoms. The summed E-state index contributed by atoms with van der Waals surface area (Å²) in [5.41, 5.74) is -0.400. The van der Waals surface area contributed by atoms with E-state index in [-0.39, 0.29) is 40.3 Å². The minimum atomic E-state index is -0.618. The van der Waals surface area contributed by atoms with Crippen LogP contribution >= 0.6 is 0 Å². The van der Waals surface area contributed by atoms with Crippen molar-refractivity contribution >= 4 is 23.0 Å². The van der Waals surface area contributed by atoms with E-state index in [0.29, 0.717) is 5.92 Å². The van der Waals surface area contributed by atoms with E-state index in [1.54, 1.807) is 26.2 Å². The zero-order valence-electron chi connectivity index (χ0n) is 15.8. The summed E-state index contributed by atoms with van der Waals surface area (Å²) < 4.78 is 0. The van der Waals surface area contributed by atoms with Crippen molar-refractivity contribution in [2.24, 2.45) is 5.92 Å². The van der Waals surface area contributed by atoms with Crippen molar-refractivity contribution in [2.45, 2.75) is 38.6 Å². The molecule has 3 N–H and O–H groups in total. The Bertz CT molecular complexity index is 928. The number of hydrogen-bond acceptors (Lipinski definition) is 6. The van der Waals surface area contributed by atoms with E-state index in [1.165, 1.54) is 11.0 Å². The van der Waals surface area contributed by atoms with Gasteiger partial charge in [-0.3, -0.25) is 14.4 Å². The molecule has 1 amide bonds. The SMILES string of the molecule is CC[C@@H]1CCC[C@H]1Nc1c(Nc2cccc(C(=O)N(C)C)c2O)c(=O)c1=O. The van der Waals surface area contributed by atoms with Gasteiger partial charge in [0.2, 0.25) is 0 Å². The molecule has 3 rings (SSSR count). The molecule has 1 fully saturated rings. The van der Waals surface area contributed by atoms with Crippen molar-refractivity contribution in [3.05, 3.63) is 44.2 Å². The van der Waals surface area contributed by atoms with Gasteiger partial charge in [-0.15, -0.1) is 0 Å². The van der Waals surface area contributed by atoms with E-state index in [2.05, 4.69) is 17.6 Å². The molecule has 2 aromatic carbocycles. The molecule has 0 spiro atoms. The van der Waals surface area contributed by atoms with Gasteiger partial charge < -0.3 is 20.6 Å². The summed E-state index contributed by atoms with van der Waals surface area (Å²) in [7, 11) is 3.18. The predicted octanol–water partition coefficient (Wildman–Crippen LogP) is 2.42. The number of amides is 1. The lowest BCUT2D eigenvalue weighted by Crippen LogP contribution is -2.39. The van der Waals surface area contributed by atoms with E-state index >= 15 is 0 Å². The first-order chi connectivity index (χ1) is 12.8. The van der Waals surface area contributed by atoms with Crippen LogP contribution in [-0.2, 0) is 0 Å². The van der Waals surface area contributed by atoms with Gasteiger partial charge in [-0.05, 0) is 30.9 Å². The monoisotopic (exact) mass is 371 g/mol. The average Bonchev–Trinajstić information content (AvgIpc) is 3.12. The Labute approximate surface area is 157 Å². The quantitative estimate of drug-likeness (QED) is 0.533. The molecule has 0 unspecified atom stereocenters. The Morgan fingerprint density at radius 2 is 1.89 bits per heavy atom. The Morgan fingerprint density at radius 1 is 1.19 bits per heavy atom. The van der Waals surface area contributed by atoms with Gasteiger partial charge in [0.15, 0.2) is 5.75 Å². The molecule has 1 aliphatic rings. The first-order valence-corrected chi connectivity index (χ1v) is 9.25. The first-order valence-electron chi connectivity index (χ1n) is 9.25. The highest BCUT2D eigenvalue weighted by Gasteiger charge is 2.30. The predicted molar refractivity (Wildman–Crippen MR) is 106 cm³/mol. The average molecular weight is 371 g/mol. The van der Waals surface area contributed by atoms with Crippen LogP contribution in [0.3, 0.4) is 0 Å². The fraction of sp³-hybridized carbons (Fsp3) is 0.450. The minimum Gasteiger partial charge on any atom is -0.505 e. The highest BCUT2D eigenvalue weighted by molar-refractivity contribution is 5.99. The van der Waals surface area contributed by atoms with E-state index in [1.807, 2.05) is 0 Å². The van der Waals surface area contributed by atoms with Crippen molar-refractivity contribution in [3.8, 4) is 5.75 Å². The van der Waals surface area contributed by atoms with E-state index in [9.17, 15) is 19.5 Å². The summed E-state index contributed by atoms with van der Waals surface area (Å²) >= 11 is 0. The molecule has 27 heavy (non-hydrogen) atoms. The van der Waals surface area contributed by atoms with Crippen molar-refractivity contribution in [2.75, 3.05) is 24.7 Å². The number of para-hydroxylation sites is 1. The van der Waals surface area contributed by atoms with Crippen molar-refractivity contribution in [3.63, 3.8) is 0 Å². The second-order valence-corrected chi connectivity index (χ2v) is 7.28. The zero-order valence-corrected chi connectivity index (χ0v) is 15.8. The fourth-order valence-electron chi connectivity index (χ4n) is 3.74. The molecule has 0 aromatic heterocycles. The normalized spacial score (nSPS) is 19.2. The lowest BCUT2D eigenvalue weighted by molar-refractivity contribution is 0.0824. The fourth-order valence-corrected chi connectivity index (χ4v) is 3.74. The van der Waals surface area contributed by atoms with Gasteiger partial charge in [0.1, 0.15) is 11.4 Å². The number of anilines is 3. The number of phenolic OH excluding ortho intramolecular Hbond substituents is 1. The number of carbonyl (C=O) groups is 1. The van der Waals surface area contributed by atoms with Crippen LogP contribution in [0.1, 0.15) is 43.0 Å². The molecule has 0 aliphatic heterocycles. The number of phenols is 1. The number of aromatic hydroxyl groups is 1. The zero-order chi connectivity index (χ0) is 19.7. The van der Waals surface area contributed by atoms with Gasteiger partial charge in [0.05, 0.1) is 11.3 Å². The highest BCUT2D eigenvalue weighted by Crippen LogP contribution is 2.34. The van der Waals surface area contributed by atoms with E-state index in [0.717, 1.165) is 25.7 Å². The van der Waals surface area contributed by atoms with Crippen LogP contribution < -0.4 is 21.5 Å². The number of benzene rings is 1. The molecule has 144 valence electrons. The summed E-state index contributed by atoms with van der Waals surface area (Å²) in [5, 5.41) is 16.5. The molecule has 0 saturated heterocycles. The van der Waals surface area contributed by atoms with E-state index < -0.39 is 10.9 Å². The largest absolute Gasteiger partial charge is 0.505 e. The highest BCUT2D eigenvalue weighted by atomic mass is 16.3. The van der Waals surface area contributed by atoms with Crippen molar-refractivity contribution in [1.29, 1.82) is 0 Å². The van der Waals surface area contributed by atoms with E-state index in [4.69, 9.17) is 0 Å². The first kappa shape index (κ1) is 18.9. The van der Waals surface area contributed by atoms with Crippen LogP contribution in [0.15, 0.2) is 27.8 Å². The van der Waals surface area contributed by atoms with Gasteiger partial charge in [-0.25, -0.2) is 0 Å². The Hall–Kier alpha value is -2.83. The van der Waals surface area contributed by atoms with Crippen molar-refractivity contribution < 1.29 is 9.90 Å². The summed E-state index contributed by atoms with van der Waals surface area (Å²) in [4.78, 5) is 37.6. The van der Waals surface area contributed by atoms with Crippen LogP contribution in [-0.4, -0.2) is 36.1 Å². The third kappa shape index (κ3) is 3.41. The molecular formula is C20H25N3O4. The van der Waals surface area contributed by atoms with Crippen LogP contribution in [0.25, 0.3) is 0 Å². The second-order valence-electron chi connectivity index (χ2n) is 7.28. The van der Waals surface area contributed by atoms with Gasteiger partial charge >= 0.3 is 0 Å². The summed E-state index contributed by atoms with van der Waals surface area (Å²) in [6.07, 6.45) is 4.20. The maximum Gasteiger partial charge on any atom is 0.257 e. The van der Waals surface area contributed by atoms with Gasteiger partial charge in [-0.2, -0.15) is 0 Å². The summed E-state index contributed by atoms with van der Waals surface area (Å²) in [6.45, 7) is 2.12. The van der Waals surface area contributed by atoms with Gasteiger partial charge in [-0.1, -0.05) is 25.8 Å². The standard InChI is InChI=1S/C20H25N3O4/c1-4-11-7-5-9-13(11)21-15-16(19(26)18(15)25)22-14-10-6-8-12(17(14)24)20(27)23(2)3/h6,8,10-11,13,21-22,24H,4-5,7,9H2,1-3H3/t11-,13-/m1/s1. The topological polar surface area (TPSA) is 98.7 Å². The third-order valence-corrected chi connectivity index (χ3v) is 5.36. The lowest BCUT2D eigenvalue weighted by Gasteiger charge is -2.23. The smallest absolute Gasteiger partial charge is 0.257 e. The lowest BCUT2D eigenvalue weighted by atomic mass is 9.99. The molecule has 2 atom stereocenters. The summed E-state index contributed by atoms with van der Waals surface area (Å²) in [6, 6.07) is 4.86. The Balaban J connectivity index is 1.86. The third-order valence-electron chi connectivity index (χ3n) is 5.36. The minimum absolute atomic E-state index is 0.125. The number of hydrogen-bond donors (Lipinski definition) is 3. The van der Waals surface area contributed by atoms with Crippen LogP contribution in [0.2, 0.25) is 0 Å². The maximum absolute atomic E-state index is 12.2. The molecule has 0 radical (unpaired) electrons. The van der Waals surface area contributed by atoms with Crippen LogP contribution in [0.4, 0.5) is 17.1 Å². The molecule has 1 saturated carbocycles. The van der Waals surface area contributed by atoms with Crippen molar-refractivity contribution in [1.82, 2.24) is 4.90 Å². The molecule has 2 aromatic rings. The number of rotatable bonds is 6. The number of carbonyl (C=O) groups excluding carboxylic acids is 1. The summed E-state index contributed by atoms with van der Waals surface area (Å²) in [5.74, 6) is -0.115. The number of nitrogens with zero attached hydrogens (tertiary/aromatic N) is 1. The molecule has 7 nitrogen and oxygen atoms in total. The van der Waals surface area contributed by atoms with Crippen LogP contribution in [0.5, 0.6) is 5.75 Å². The Kier molecular flexibility index (Phi) is 5.21. The Morgan fingerprint density at radius 3 is 2.56 bits per heavy atom. The molecule has 0 heterocycles. The molecule has 1 aliphatic carbocycles.